The molecule has 1 aliphatic carbocycles. The predicted molar refractivity (Wildman–Crippen MR) is 66.7 cm³/mol. The van der Waals surface area contributed by atoms with Crippen LogP contribution in [-0.4, -0.2) is 21.8 Å². The molecule has 0 aliphatic heterocycles. The fourth-order valence-corrected chi connectivity index (χ4v) is 2.78. The average molecular weight is 274 g/mol. The summed E-state index contributed by atoms with van der Waals surface area (Å²) in [6.45, 7) is 0.107. The second-order valence-electron chi connectivity index (χ2n) is 4.51. The van der Waals surface area contributed by atoms with E-state index < -0.39 is 4.92 Å². The number of ether oxygens (including phenoxy) is 1. The molecule has 0 N–H and O–H groups in total. The Morgan fingerprint density at radius 2 is 2.17 bits per heavy atom. The van der Waals surface area contributed by atoms with Gasteiger partial charge in [0.1, 0.15) is 0 Å². The molecule has 1 aromatic heterocycles. The molecule has 0 atom stereocenters. The molecule has 2 rings (SSSR count). The van der Waals surface area contributed by atoms with Crippen molar-refractivity contribution in [1.82, 2.24) is 9.78 Å². The van der Waals surface area contributed by atoms with Crippen LogP contribution in [0.3, 0.4) is 0 Å². The highest BCUT2D eigenvalue weighted by molar-refractivity contribution is 6.31. The summed E-state index contributed by atoms with van der Waals surface area (Å²) in [7, 11) is 1.48. The highest BCUT2D eigenvalue weighted by atomic mass is 35.5. The minimum absolute atomic E-state index is 0.107. The van der Waals surface area contributed by atoms with Crippen molar-refractivity contribution in [2.75, 3.05) is 7.11 Å². The van der Waals surface area contributed by atoms with E-state index in [1.54, 1.807) is 4.68 Å². The van der Waals surface area contributed by atoms with E-state index in [0.29, 0.717) is 5.69 Å². The minimum Gasteiger partial charge on any atom is -0.378 e. The quantitative estimate of drug-likeness (QED) is 0.624. The van der Waals surface area contributed by atoms with E-state index in [-0.39, 0.29) is 23.5 Å². The molecule has 0 amide bonds. The Balaban J connectivity index is 2.35. The summed E-state index contributed by atoms with van der Waals surface area (Å²) in [5.74, 6) is 0. The summed E-state index contributed by atoms with van der Waals surface area (Å²) in [5, 5.41) is 15.4. The number of aromatic nitrogens is 2. The molecule has 1 saturated carbocycles. The summed E-state index contributed by atoms with van der Waals surface area (Å²) in [4.78, 5) is 10.5. The van der Waals surface area contributed by atoms with E-state index >= 15 is 0 Å². The molecule has 0 spiro atoms. The SMILES string of the molecule is COCc1nn(C2CCCCC2)c(Cl)c1[N+](=O)[O-]. The zero-order chi connectivity index (χ0) is 13.1. The zero-order valence-corrected chi connectivity index (χ0v) is 11.0. The largest absolute Gasteiger partial charge is 0.378 e. The van der Waals surface area contributed by atoms with Gasteiger partial charge in [-0.15, -0.1) is 0 Å². The fraction of sp³-hybridized carbons (Fsp3) is 0.727. The third-order valence-corrected chi connectivity index (χ3v) is 3.63. The Labute approximate surface area is 110 Å². The van der Waals surface area contributed by atoms with Crippen LogP contribution in [0.4, 0.5) is 5.69 Å². The van der Waals surface area contributed by atoms with Crippen LogP contribution in [0.2, 0.25) is 5.15 Å². The molecule has 1 heterocycles. The highest BCUT2D eigenvalue weighted by Gasteiger charge is 2.30. The van der Waals surface area contributed by atoms with Crippen molar-refractivity contribution >= 4 is 17.3 Å². The first kappa shape index (κ1) is 13.3. The van der Waals surface area contributed by atoms with Crippen LogP contribution in [0.15, 0.2) is 0 Å². The lowest BCUT2D eigenvalue weighted by atomic mass is 9.96. The summed E-state index contributed by atoms with van der Waals surface area (Å²) in [5.41, 5.74) is 0.183. The fourth-order valence-electron chi connectivity index (χ4n) is 2.43. The maximum absolute atomic E-state index is 11.0. The normalized spacial score (nSPS) is 17.0. The van der Waals surface area contributed by atoms with Crippen LogP contribution in [0.25, 0.3) is 0 Å². The smallest absolute Gasteiger partial charge is 0.331 e. The van der Waals surface area contributed by atoms with Crippen molar-refractivity contribution < 1.29 is 9.66 Å². The zero-order valence-electron chi connectivity index (χ0n) is 10.3. The van der Waals surface area contributed by atoms with Gasteiger partial charge in [-0.25, -0.2) is 4.68 Å². The maximum Gasteiger partial charge on any atom is 0.331 e. The van der Waals surface area contributed by atoms with E-state index in [4.69, 9.17) is 16.3 Å². The van der Waals surface area contributed by atoms with Gasteiger partial charge in [0.05, 0.1) is 17.6 Å². The molecule has 0 unspecified atom stereocenters. The minimum atomic E-state index is -0.483. The Hall–Kier alpha value is -1.14. The Kier molecular flexibility index (Phi) is 4.19. The topological polar surface area (TPSA) is 70.2 Å². The number of nitro groups is 1. The molecule has 18 heavy (non-hydrogen) atoms. The number of hydrogen-bond donors (Lipinski definition) is 0. The van der Waals surface area contributed by atoms with E-state index in [2.05, 4.69) is 5.10 Å². The first-order valence-electron chi connectivity index (χ1n) is 6.05. The molecule has 0 saturated heterocycles. The van der Waals surface area contributed by atoms with Crippen LogP contribution >= 0.6 is 11.6 Å². The van der Waals surface area contributed by atoms with Crippen LogP contribution in [-0.2, 0) is 11.3 Å². The van der Waals surface area contributed by atoms with Crippen LogP contribution < -0.4 is 0 Å². The second-order valence-corrected chi connectivity index (χ2v) is 4.87. The van der Waals surface area contributed by atoms with Gasteiger partial charge in [0, 0.05) is 7.11 Å². The molecule has 6 nitrogen and oxygen atoms in total. The summed E-state index contributed by atoms with van der Waals surface area (Å²) < 4.78 is 6.54. The predicted octanol–water partition coefficient (Wildman–Crippen LogP) is 3.10. The average Bonchev–Trinajstić information content (AvgIpc) is 2.68. The lowest BCUT2D eigenvalue weighted by Gasteiger charge is -2.22. The van der Waals surface area contributed by atoms with E-state index in [1.165, 1.54) is 13.5 Å². The van der Waals surface area contributed by atoms with Crippen molar-refractivity contribution in [2.45, 2.75) is 44.8 Å². The molecular formula is C11H16ClN3O3. The van der Waals surface area contributed by atoms with Crippen molar-refractivity contribution in [2.24, 2.45) is 0 Å². The number of rotatable bonds is 4. The van der Waals surface area contributed by atoms with Crippen LogP contribution in [0, 0.1) is 10.1 Å². The van der Waals surface area contributed by atoms with Gasteiger partial charge in [0.25, 0.3) is 0 Å². The van der Waals surface area contributed by atoms with Gasteiger partial charge in [0.2, 0.25) is 5.15 Å². The Morgan fingerprint density at radius 3 is 2.72 bits per heavy atom. The summed E-state index contributed by atoms with van der Waals surface area (Å²) in [6.07, 6.45) is 5.40. The molecule has 1 aromatic rings. The van der Waals surface area contributed by atoms with E-state index in [9.17, 15) is 10.1 Å². The lowest BCUT2D eigenvalue weighted by Crippen LogP contribution is -2.14. The third kappa shape index (κ3) is 2.49. The molecule has 7 heteroatoms. The Morgan fingerprint density at radius 1 is 1.50 bits per heavy atom. The number of hydrogen-bond acceptors (Lipinski definition) is 4. The monoisotopic (exact) mass is 273 g/mol. The number of nitrogens with zero attached hydrogens (tertiary/aromatic N) is 3. The van der Waals surface area contributed by atoms with E-state index in [1.807, 2.05) is 0 Å². The van der Waals surface area contributed by atoms with Gasteiger partial charge < -0.3 is 4.74 Å². The molecule has 0 aromatic carbocycles. The molecule has 1 fully saturated rings. The second kappa shape index (κ2) is 5.67. The first-order valence-corrected chi connectivity index (χ1v) is 6.43. The molecule has 0 bridgehead atoms. The van der Waals surface area contributed by atoms with Gasteiger partial charge in [-0.1, -0.05) is 30.9 Å². The van der Waals surface area contributed by atoms with Gasteiger partial charge in [-0.2, -0.15) is 5.10 Å². The van der Waals surface area contributed by atoms with Crippen LogP contribution in [0.1, 0.15) is 43.8 Å². The molecule has 1 aliphatic rings. The Bertz CT molecular complexity index is 441. The summed E-state index contributed by atoms with van der Waals surface area (Å²) >= 11 is 6.10. The van der Waals surface area contributed by atoms with Gasteiger partial charge in [0.15, 0.2) is 5.69 Å². The van der Waals surface area contributed by atoms with Gasteiger partial charge >= 0.3 is 5.69 Å². The molecular weight excluding hydrogens is 258 g/mol. The third-order valence-electron chi connectivity index (χ3n) is 3.28. The van der Waals surface area contributed by atoms with Crippen LogP contribution in [0.5, 0.6) is 0 Å². The van der Waals surface area contributed by atoms with Crippen molar-refractivity contribution in [1.29, 1.82) is 0 Å². The molecule has 100 valence electrons. The summed E-state index contributed by atoms with van der Waals surface area (Å²) in [6, 6.07) is 0.176. The van der Waals surface area contributed by atoms with Gasteiger partial charge in [-0.3, -0.25) is 10.1 Å². The number of methoxy groups -OCH3 is 1. The van der Waals surface area contributed by atoms with Crippen molar-refractivity contribution in [3.05, 3.63) is 21.0 Å². The van der Waals surface area contributed by atoms with E-state index in [0.717, 1.165) is 25.7 Å². The van der Waals surface area contributed by atoms with Crippen molar-refractivity contribution in [3.8, 4) is 0 Å². The first-order chi connectivity index (χ1) is 8.65. The van der Waals surface area contributed by atoms with Crippen molar-refractivity contribution in [3.63, 3.8) is 0 Å². The highest BCUT2D eigenvalue weighted by Crippen LogP contribution is 2.36. The maximum atomic E-state index is 11.0. The number of halogens is 1. The molecule has 0 radical (unpaired) electrons. The lowest BCUT2D eigenvalue weighted by molar-refractivity contribution is -0.385. The standard InChI is InChI=1S/C11H16ClN3O3/c1-18-7-9-10(15(16)17)11(12)14(13-9)8-5-3-2-4-6-8/h8H,2-7H2,1H3. The van der Waals surface area contributed by atoms with Gasteiger partial charge in [-0.05, 0) is 12.8 Å².